The maximum absolute atomic E-state index is 12.8. The first-order valence-electron chi connectivity index (χ1n) is 8.37. The Morgan fingerprint density at radius 1 is 1.32 bits per heavy atom. The molecule has 3 N–H and O–H groups in total. The lowest BCUT2D eigenvalue weighted by Crippen LogP contribution is -2.45. The molecule has 0 bridgehead atoms. The van der Waals surface area contributed by atoms with Crippen molar-refractivity contribution in [2.45, 2.75) is 31.7 Å². The predicted octanol–water partition coefficient (Wildman–Crippen LogP) is 1.96. The van der Waals surface area contributed by atoms with E-state index in [4.69, 9.17) is 10.5 Å². The highest BCUT2D eigenvalue weighted by Crippen LogP contribution is 2.24. The topological polar surface area (TPSA) is 101 Å². The molecule has 132 valence electrons. The number of nitrogens with zero attached hydrogens (tertiary/aromatic N) is 2. The van der Waals surface area contributed by atoms with E-state index in [1.807, 2.05) is 24.3 Å². The first-order valence-corrected chi connectivity index (χ1v) is 8.37. The van der Waals surface area contributed by atoms with E-state index < -0.39 is 0 Å². The minimum atomic E-state index is -0.381. The van der Waals surface area contributed by atoms with E-state index in [1.54, 1.807) is 18.1 Å². The van der Waals surface area contributed by atoms with Gasteiger partial charge in [0.05, 0.1) is 12.8 Å². The Kier molecular flexibility index (Phi) is 5.02. The summed E-state index contributed by atoms with van der Waals surface area (Å²) in [5.41, 5.74) is 7.32. The summed E-state index contributed by atoms with van der Waals surface area (Å²) in [5.74, 6) is 0.240. The van der Waals surface area contributed by atoms with Crippen LogP contribution in [-0.2, 0) is 4.79 Å². The van der Waals surface area contributed by atoms with Gasteiger partial charge in [-0.2, -0.15) is 5.10 Å². The third kappa shape index (κ3) is 3.81. The zero-order valence-corrected chi connectivity index (χ0v) is 14.2. The Hall–Kier alpha value is -2.83. The van der Waals surface area contributed by atoms with Crippen LogP contribution in [0.2, 0.25) is 0 Å². The first-order chi connectivity index (χ1) is 12.1. The smallest absolute Gasteiger partial charge is 0.272 e. The molecule has 3 rings (SSSR count). The van der Waals surface area contributed by atoms with E-state index in [0.29, 0.717) is 17.9 Å². The van der Waals surface area contributed by atoms with Gasteiger partial charge in [0, 0.05) is 24.6 Å². The van der Waals surface area contributed by atoms with Gasteiger partial charge >= 0.3 is 0 Å². The van der Waals surface area contributed by atoms with E-state index in [1.165, 1.54) is 0 Å². The van der Waals surface area contributed by atoms with Crippen LogP contribution in [0.3, 0.4) is 0 Å². The fourth-order valence-corrected chi connectivity index (χ4v) is 3.21. The van der Waals surface area contributed by atoms with Crippen molar-refractivity contribution in [3.8, 4) is 17.0 Å². The summed E-state index contributed by atoms with van der Waals surface area (Å²) < 4.78 is 5.14. The highest BCUT2D eigenvalue weighted by Gasteiger charge is 2.29. The minimum absolute atomic E-state index is 0.133. The molecule has 2 amide bonds. The lowest BCUT2D eigenvalue weighted by atomic mass is 9.98. The molecule has 0 spiro atoms. The highest BCUT2D eigenvalue weighted by atomic mass is 16.5. The van der Waals surface area contributed by atoms with Crippen LogP contribution in [0, 0.1) is 0 Å². The molecule has 25 heavy (non-hydrogen) atoms. The second-order valence-corrected chi connectivity index (χ2v) is 6.21. The van der Waals surface area contributed by atoms with Crippen LogP contribution in [0.15, 0.2) is 30.3 Å². The summed E-state index contributed by atoms with van der Waals surface area (Å²) in [6.07, 6.45) is 2.93. The number of amides is 2. The molecule has 2 heterocycles. The molecule has 1 atom stereocenters. The Bertz CT molecular complexity index is 754. The molecular weight excluding hydrogens is 320 g/mol. The van der Waals surface area contributed by atoms with E-state index in [2.05, 4.69) is 10.2 Å². The Balaban J connectivity index is 1.77. The molecule has 1 fully saturated rings. The lowest BCUT2D eigenvalue weighted by Gasteiger charge is -2.34. The van der Waals surface area contributed by atoms with Crippen LogP contribution in [0.5, 0.6) is 5.75 Å². The van der Waals surface area contributed by atoms with Crippen LogP contribution in [0.4, 0.5) is 0 Å². The highest BCUT2D eigenvalue weighted by molar-refractivity contribution is 5.94. The Labute approximate surface area is 146 Å². The molecule has 0 saturated carbocycles. The molecule has 1 aliphatic heterocycles. The van der Waals surface area contributed by atoms with E-state index in [-0.39, 0.29) is 24.3 Å². The second kappa shape index (κ2) is 7.38. The molecule has 2 aromatic rings. The van der Waals surface area contributed by atoms with Crippen LogP contribution in [-0.4, -0.2) is 46.6 Å². The maximum atomic E-state index is 12.8. The minimum Gasteiger partial charge on any atom is -0.497 e. The van der Waals surface area contributed by atoms with Crippen molar-refractivity contribution in [1.29, 1.82) is 0 Å². The average Bonchev–Trinajstić information content (AvgIpc) is 3.11. The molecule has 0 radical (unpaired) electrons. The number of carbonyl (C=O) groups is 2. The SMILES string of the molecule is COc1ccc(-c2cc(C(=O)N3CCCC[C@H]3CC(N)=O)[nH]n2)cc1. The third-order valence-corrected chi connectivity index (χ3v) is 4.52. The molecule has 1 saturated heterocycles. The summed E-state index contributed by atoms with van der Waals surface area (Å²) in [5, 5.41) is 7.05. The van der Waals surface area contributed by atoms with Gasteiger partial charge in [-0.25, -0.2) is 0 Å². The number of hydrogen-bond donors (Lipinski definition) is 2. The zero-order chi connectivity index (χ0) is 17.8. The summed E-state index contributed by atoms with van der Waals surface area (Å²) >= 11 is 0. The number of rotatable bonds is 5. The van der Waals surface area contributed by atoms with Crippen molar-refractivity contribution < 1.29 is 14.3 Å². The average molecular weight is 342 g/mol. The van der Waals surface area contributed by atoms with Crippen LogP contribution < -0.4 is 10.5 Å². The summed E-state index contributed by atoms with van der Waals surface area (Å²) in [6, 6.07) is 9.07. The number of ether oxygens (including phenoxy) is 1. The van der Waals surface area contributed by atoms with Crippen LogP contribution in [0.1, 0.15) is 36.2 Å². The maximum Gasteiger partial charge on any atom is 0.272 e. The summed E-state index contributed by atoms with van der Waals surface area (Å²) in [4.78, 5) is 25.8. The third-order valence-electron chi connectivity index (χ3n) is 4.52. The first kappa shape index (κ1) is 17.0. The summed E-state index contributed by atoms with van der Waals surface area (Å²) in [6.45, 7) is 0.633. The van der Waals surface area contributed by atoms with Gasteiger partial charge < -0.3 is 15.4 Å². The Morgan fingerprint density at radius 2 is 2.08 bits per heavy atom. The zero-order valence-electron chi connectivity index (χ0n) is 14.2. The molecule has 0 aliphatic carbocycles. The van der Waals surface area contributed by atoms with Gasteiger partial charge in [-0.15, -0.1) is 0 Å². The van der Waals surface area contributed by atoms with Gasteiger partial charge in [0.2, 0.25) is 5.91 Å². The van der Waals surface area contributed by atoms with Crippen LogP contribution in [0.25, 0.3) is 11.3 Å². The lowest BCUT2D eigenvalue weighted by molar-refractivity contribution is -0.119. The molecule has 1 aromatic heterocycles. The molecule has 7 heteroatoms. The number of piperidine rings is 1. The van der Waals surface area contributed by atoms with E-state index >= 15 is 0 Å². The largest absolute Gasteiger partial charge is 0.497 e. The molecule has 1 aliphatic rings. The second-order valence-electron chi connectivity index (χ2n) is 6.21. The Morgan fingerprint density at radius 3 is 2.76 bits per heavy atom. The normalized spacial score (nSPS) is 17.3. The van der Waals surface area contributed by atoms with Crippen molar-refractivity contribution in [2.24, 2.45) is 5.73 Å². The number of benzene rings is 1. The van der Waals surface area contributed by atoms with Gasteiger partial charge in [0.25, 0.3) is 5.91 Å². The number of primary amides is 1. The molecule has 0 unspecified atom stereocenters. The number of H-pyrrole nitrogens is 1. The van der Waals surface area contributed by atoms with Crippen molar-refractivity contribution in [3.63, 3.8) is 0 Å². The van der Waals surface area contributed by atoms with Crippen molar-refractivity contribution in [1.82, 2.24) is 15.1 Å². The fourth-order valence-electron chi connectivity index (χ4n) is 3.21. The molecule has 7 nitrogen and oxygen atoms in total. The van der Waals surface area contributed by atoms with Gasteiger partial charge in [0.15, 0.2) is 0 Å². The number of nitrogens with two attached hydrogens (primary N) is 1. The number of likely N-dealkylation sites (tertiary alicyclic amines) is 1. The summed E-state index contributed by atoms with van der Waals surface area (Å²) in [7, 11) is 1.61. The fraction of sp³-hybridized carbons (Fsp3) is 0.389. The monoisotopic (exact) mass is 342 g/mol. The van der Waals surface area contributed by atoms with E-state index in [0.717, 1.165) is 30.6 Å². The van der Waals surface area contributed by atoms with Gasteiger partial charge in [-0.05, 0) is 49.6 Å². The number of nitrogens with one attached hydrogen (secondary N) is 1. The molecular formula is C18H22N4O3. The number of hydrogen-bond acceptors (Lipinski definition) is 4. The van der Waals surface area contributed by atoms with Crippen LogP contribution >= 0.6 is 0 Å². The quantitative estimate of drug-likeness (QED) is 0.867. The van der Waals surface area contributed by atoms with Crippen molar-refractivity contribution in [2.75, 3.05) is 13.7 Å². The standard InChI is InChI=1S/C18H22N4O3/c1-25-14-7-5-12(6-8-14)15-11-16(21-20-15)18(24)22-9-3-2-4-13(22)10-17(19)23/h5-8,11,13H,2-4,9-10H2,1H3,(H2,19,23)(H,20,21)/t13-/m0/s1. The van der Waals surface area contributed by atoms with Gasteiger partial charge in [-0.3, -0.25) is 14.7 Å². The van der Waals surface area contributed by atoms with E-state index in [9.17, 15) is 9.59 Å². The van der Waals surface area contributed by atoms with Gasteiger partial charge in [0.1, 0.15) is 11.4 Å². The number of aromatic amines is 1. The number of methoxy groups -OCH3 is 1. The number of carbonyl (C=O) groups excluding carboxylic acids is 2. The van der Waals surface area contributed by atoms with Crippen molar-refractivity contribution in [3.05, 3.63) is 36.0 Å². The number of aromatic nitrogens is 2. The molecule has 1 aromatic carbocycles. The van der Waals surface area contributed by atoms with Crippen molar-refractivity contribution >= 4 is 11.8 Å². The predicted molar refractivity (Wildman–Crippen MR) is 93.1 cm³/mol. The van der Waals surface area contributed by atoms with Gasteiger partial charge in [-0.1, -0.05) is 0 Å².